The molecule has 0 saturated heterocycles. The van der Waals surface area contributed by atoms with E-state index in [2.05, 4.69) is 211 Å². The lowest BCUT2D eigenvalue weighted by Crippen LogP contribution is -2.28. The molecular weight excluding hydrogens is 885 g/mol. The van der Waals surface area contributed by atoms with Gasteiger partial charge in [-0.25, -0.2) is 15.0 Å². The van der Waals surface area contributed by atoms with Crippen molar-refractivity contribution in [3.05, 3.63) is 273 Å². The lowest BCUT2D eigenvalue weighted by molar-refractivity contribution is 0.745. The third kappa shape index (κ3) is 7.60. The lowest BCUT2D eigenvalue weighted by atomic mass is 9.89. The largest absolute Gasteiger partial charge is 0.333 e. The highest BCUT2D eigenvalue weighted by atomic mass is 15.2. The van der Waals surface area contributed by atoms with Crippen LogP contribution in [0.5, 0.6) is 0 Å². The van der Waals surface area contributed by atoms with Crippen molar-refractivity contribution in [1.82, 2.24) is 15.0 Å². The molecule has 1 aliphatic carbocycles. The number of aromatic nitrogens is 3. The zero-order chi connectivity index (χ0) is 48.2. The quantitative estimate of drug-likeness (QED) is 0.142. The van der Waals surface area contributed by atoms with E-state index < -0.39 is 0 Å². The number of allylic oxidation sites excluding steroid dienone is 2. The number of nitrogens with zero attached hydrogens (tertiary/aromatic N) is 4. The van der Waals surface area contributed by atoms with Crippen molar-refractivity contribution in [1.29, 1.82) is 0 Å². The van der Waals surface area contributed by atoms with Gasteiger partial charge < -0.3 is 4.90 Å². The van der Waals surface area contributed by atoms with E-state index in [-0.39, 0.29) is 12.0 Å². The van der Waals surface area contributed by atoms with E-state index in [1.54, 1.807) is 0 Å². The Morgan fingerprint density at radius 2 is 0.671 bits per heavy atom. The fourth-order valence-electron chi connectivity index (χ4n) is 11.3. The fraction of sp³-hybridized carbons (Fsp3) is 0.0290. The molecule has 0 N–H and O–H groups in total. The molecule has 12 aromatic rings. The van der Waals surface area contributed by atoms with Crippen LogP contribution in [0.15, 0.2) is 267 Å². The highest BCUT2D eigenvalue weighted by molar-refractivity contribution is 6.25. The summed E-state index contributed by atoms with van der Waals surface area (Å²) >= 11 is 0. The minimum absolute atomic E-state index is 0.162. The Balaban J connectivity index is 0.762. The molecule has 4 nitrogen and oxygen atoms in total. The van der Waals surface area contributed by atoms with Crippen molar-refractivity contribution < 1.29 is 0 Å². The molecule has 0 fully saturated rings. The van der Waals surface area contributed by atoms with Crippen LogP contribution in [-0.4, -0.2) is 21.0 Å². The minimum Gasteiger partial charge on any atom is -0.333 e. The second kappa shape index (κ2) is 17.7. The average Bonchev–Trinajstić information content (AvgIpc) is 3.82. The number of hydrogen-bond donors (Lipinski definition) is 0. The van der Waals surface area contributed by atoms with Gasteiger partial charge in [0, 0.05) is 34.0 Å². The molecule has 14 rings (SSSR count). The van der Waals surface area contributed by atoms with E-state index in [9.17, 15) is 0 Å². The first-order valence-electron chi connectivity index (χ1n) is 25.1. The minimum atomic E-state index is 0.162. The maximum Gasteiger partial charge on any atom is 0.164 e. The van der Waals surface area contributed by atoms with Crippen LogP contribution in [0.25, 0.3) is 111 Å². The van der Waals surface area contributed by atoms with Crippen LogP contribution in [-0.2, 0) is 0 Å². The molecule has 2 aliphatic rings. The van der Waals surface area contributed by atoms with Crippen molar-refractivity contribution in [2.45, 2.75) is 12.0 Å². The van der Waals surface area contributed by atoms with Crippen molar-refractivity contribution in [3.8, 4) is 78.7 Å². The number of fused-ring (bicyclic) bond motifs is 9. The summed E-state index contributed by atoms with van der Waals surface area (Å²) in [6.45, 7) is 0. The highest BCUT2D eigenvalue weighted by Gasteiger charge is 2.37. The predicted octanol–water partition coefficient (Wildman–Crippen LogP) is 17.7. The van der Waals surface area contributed by atoms with Crippen LogP contribution >= 0.6 is 0 Å². The Morgan fingerprint density at radius 3 is 1.25 bits per heavy atom. The number of benzene rings is 11. The average molecular weight is 931 g/mol. The van der Waals surface area contributed by atoms with Crippen molar-refractivity contribution >= 4 is 43.7 Å². The van der Waals surface area contributed by atoms with E-state index in [0.717, 1.165) is 33.5 Å². The molecule has 2 heterocycles. The van der Waals surface area contributed by atoms with Gasteiger partial charge >= 0.3 is 0 Å². The Bertz CT molecular complexity index is 4060. The zero-order valence-corrected chi connectivity index (χ0v) is 39.8. The normalized spacial score (nSPS) is 14.7. The van der Waals surface area contributed by atoms with E-state index in [4.69, 9.17) is 15.0 Å². The molecule has 1 aliphatic heterocycles. The van der Waals surface area contributed by atoms with Gasteiger partial charge in [-0.15, -0.1) is 0 Å². The first-order valence-corrected chi connectivity index (χ1v) is 25.1. The van der Waals surface area contributed by atoms with Gasteiger partial charge in [0.15, 0.2) is 17.5 Å². The van der Waals surface area contributed by atoms with Gasteiger partial charge in [0.25, 0.3) is 0 Å². The van der Waals surface area contributed by atoms with Gasteiger partial charge in [0.05, 0.1) is 6.04 Å². The Kier molecular flexibility index (Phi) is 10.3. The van der Waals surface area contributed by atoms with Crippen molar-refractivity contribution in [3.63, 3.8) is 0 Å². The Morgan fingerprint density at radius 1 is 0.274 bits per heavy atom. The molecule has 0 saturated carbocycles. The van der Waals surface area contributed by atoms with Gasteiger partial charge in [0.1, 0.15) is 0 Å². The van der Waals surface area contributed by atoms with Crippen LogP contribution in [0.1, 0.15) is 11.5 Å². The summed E-state index contributed by atoms with van der Waals surface area (Å²) in [4.78, 5) is 17.3. The summed E-state index contributed by atoms with van der Waals surface area (Å²) < 4.78 is 0. The molecule has 2 unspecified atom stereocenters. The molecule has 0 bridgehead atoms. The Hall–Kier alpha value is -9.51. The second-order valence-corrected chi connectivity index (χ2v) is 19.1. The zero-order valence-electron chi connectivity index (χ0n) is 39.8. The molecule has 73 heavy (non-hydrogen) atoms. The summed E-state index contributed by atoms with van der Waals surface area (Å²) in [5.74, 6) is 2.17. The monoisotopic (exact) mass is 930 g/mol. The van der Waals surface area contributed by atoms with Gasteiger partial charge in [-0.1, -0.05) is 224 Å². The number of anilines is 2. The van der Waals surface area contributed by atoms with Crippen LogP contribution < -0.4 is 4.90 Å². The van der Waals surface area contributed by atoms with E-state index in [0.29, 0.717) is 17.5 Å². The molecule has 0 spiro atoms. The summed E-state index contributed by atoms with van der Waals surface area (Å²) in [6.07, 6.45) is 9.10. The summed E-state index contributed by atoms with van der Waals surface area (Å²) in [5, 5.41) is 7.74. The fourth-order valence-corrected chi connectivity index (χ4v) is 11.3. The van der Waals surface area contributed by atoms with Gasteiger partial charge in [-0.2, -0.15) is 0 Å². The molecule has 2 atom stereocenters. The lowest BCUT2D eigenvalue weighted by Gasteiger charge is -2.29. The van der Waals surface area contributed by atoms with Crippen LogP contribution in [0, 0.1) is 0 Å². The first kappa shape index (κ1) is 42.4. The van der Waals surface area contributed by atoms with Gasteiger partial charge in [0.2, 0.25) is 0 Å². The van der Waals surface area contributed by atoms with E-state index in [1.807, 2.05) is 60.7 Å². The molecular formula is C69H46N4. The maximum absolute atomic E-state index is 4.97. The van der Waals surface area contributed by atoms with Crippen LogP contribution in [0.3, 0.4) is 0 Å². The molecule has 11 aromatic carbocycles. The molecule has 0 amide bonds. The molecule has 1 aromatic heterocycles. The summed E-state index contributed by atoms with van der Waals surface area (Å²) in [6, 6.07) is 87.6. The molecule has 342 valence electrons. The third-order valence-electron chi connectivity index (χ3n) is 14.8. The van der Waals surface area contributed by atoms with Crippen molar-refractivity contribution in [2.24, 2.45) is 0 Å². The van der Waals surface area contributed by atoms with Crippen LogP contribution in [0.2, 0.25) is 0 Å². The number of hydrogen-bond acceptors (Lipinski definition) is 4. The smallest absolute Gasteiger partial charge is 0.164 e. The third-order valence-corrected chi connectivity index (χ3v) is 14.8. The standard InChI is InChI=1S/C69H46N4/c1-3-16-46(17-4-1)67-70-68(47-18-5-2-6-19-47)72-69(71-67)48-34-32-45(33-35-48)53-24-15-25-56(42-53)73-65-31-12-11-30-62(65)64-44-55(37-39-66(64)73)52-23-14-21-50(41-52)49-20-13-22-51(40-49)54-36-38-61-59-28-8-7-26-57(59)58-27-9-10-29-60(58)63(61)43-54/h1-44,62,65H. The topological polar surface area (TPSA) is 41.9 Å². The Labute approximate surface area is 424 Å². The van der Waals surface area contributed by atoms with E-state index in [1.165, 1.54) is 76.9 Å². The highest BCUT2D eigenvalue weighted by Crippen LogP contribution is 2.49. The van der Waals surface area contributed by atoms with Gasteiger partial charge in [-0.05, 0) is 125 Å². The van der Waals surface area contributed by atoms with E-state index >= 15 is 0 Å². The van der Waals surface area contributed by atoms with Crippen LogP contribution in [0.4, 0.5) is 11.4 Å². The second-order valence-electron chi connectivity index (χ2n) is 19.1. The number of rotatable bonds is 8. The molecule has 4 heteroatoms. The first-order chi connectivity index (χ1) is 36.2. The molecule has 0 radical (unpaired) electrons. The summed E-state index contributed by atoms with van der Waals surface area (Å²) in [5.41, 5.74) is 16.1. The van der Waals surface area contributed by atoms with Gasteiger partial charge in [-0.3, -0.25) is 0 Å². The van der Waals surface area contributed by atoms with Crippen molar-refractivity contribution in [2.75, 3.05) is 4.90 Å². The predicted molar refractivity (Wildman–Crippen MR) is 304 cm³/mol. The summed E-state index contributed by atoms with van der Waals surface area (Å²) in [7, 11) is 0. The maximum atomic E-state index is 4.97. The SMILES string of the molecule is C1=CC2c3cc(-c4cccc(-c5cccc(-c6ccc7c8ccccc8c8ccccc8c7c6)c5)c4)ccc3N(c3cccc(-c4ccc(-c5nc(-c6ccccc6)nc(-c6ccccc6)n5)cc4)c3)C2C=C1.